The smallest absolute Gasteiger partial charge is 0.741 e. The van der Waals surface area contributed by atoms with Crippen LogP contribution < -0.4 is 0 Å². The van der Waals surface area contributed by atoms with Crippen LogP contribution in [-0.2, 0) is 37.3 Å². The van der Waals surface area contributed by atoms with Crippen LogP contribution in [0.5, 0.6) is 0 Å². The third-order valence-electron chi connectivity index (χ3n) is 3.16. The summed E-state index contributed by atoms with van der Waals surface area (Å²) >= 11 is 0. The average Bonchev–Trinajstić information content (AvgIpc) is 2.50. The zero-order valence-corrected chi connectivity index (χ0v) is 21.7. The van der Waals surface area contributed by atoms with E-state index in [1.54, 1.807) is 0 Å². The van der Waals surface area contributed by atoms with Gasteiger partial charge in [-0.2, -0.15) is 26.3 Å². The molecular formula is C14H30F6FeN4O6S2+4. The molecule has 0 spiro atoms. The van der Waals surface area contributed by atoms with Crippen LogP contribution in [0.2, 0.25) is 0 Å². The van der Waals surface area contributed by atoms with Crippen LogP contribution in [0.3, 0.4) is 0 Å². The number of alkyl halides is 6. The van der Waals surface area contributed by atoms with E-state index in [1.165, 1.54) is 0 Å². The normalized spacial score (nSPS) is 12.8. The molecule has 0 saturated heterocycles. The molecule has 0 radical (unpaired) electrons. The summed E-state index contributed by atoms with van der Waals surface area (Å²) in [7, 11) is 0.629. The molecule has 0 aliphatic carbocycles. The predicted molar refractivity (Wildman–Crippen MR) is 104 cm³/mol. The second-order valence-corrected chi connectivity index (χ2v) is 9.79. The number of hydrogen-bond donors (Lipinski definition) is 0. The van der Waals surface area contributed by atoms with E-state index >= 15 is 0 Å². The first-order valence-corrected chi connectivity index (χ1v) is 11.4. The van der Waals surface area contributed by atoms with Crippen molar-refractivity contribution in [2.45, 2.75) is 11.0 Å². The van der Waals surface area contributed by atoms with Crippen LogP contribution in [0.15, 0.2) is 0 Å². The van der Waals surface area contributed by atoms with Gasteiger partial charge in [-0.3, -0.25) is 4.90 Å². The summed E-state index contributed by atoms with van der Waals surface area (Å²) in [4.78, 5) is 9.29. The molecule has 0 fully saturated rings. The van der Waals surface area contributed by atoms with E-state index in [9.17, 15) is 26.3 Å². The summed E-state index contributed by atoms with van der Waals surface area (Å²) in [5.74, 6) is 0. The number of hydrogen-bond acceptors (Lipinski definition) is 10. The summed E-state index contributed by atoms with van der Waals surface area (Å²) in [5.41, 5.74) is -11.3. The van der Waals surface area contributed by atoms with Crippen molar-refractivity contribution in [3.63, 3.8) is 0 Å². The Morgan fingerprint density at radius 2 is 0.697 bits per heavy atom. The second kappa shape index (κ2) is 17.2. The van der Waals surface area contributed by atoms with Crippen molar-refractivity contribution in [2.75, 3.05) is 81.6 Å². The van der Waals surface area contributed by atoms with Crippen LogP contribution in [-0.4, -0.2) is 138 Å². The first-order valence-electron chi connectivity index (χ1n) is 8.62. The van der Waals surface area contributed by atoms with E-state index in [0.717, 1.165) is 39.3 Å². The standard InChI is InChI=1S/C12H30N4.2CHF3O3S.Fe/c1-13(2)7-10-16(11-8-14(3)4)12-9-15(5)6;2*2-1(3,4)8(5,6)7;/h7-12H2,1-6H3;2*(H,5,6,7);/q;;;+6/p-2. The summed E-state index contributed by atoms with van der Waals surface area (Å²) < 4.78 is 118. The molecule has 0 rings (SSSR count). The molecule has 0 aromatic carbocycles. The number of halogens is 6. The van der Waals surface area contributed by atoms with E-state index in [2.05, 4.69) is 61.9 Å². The van der Waals surface area contributed by atoms with Crippen molar-refractivity contribution < 1.29 is 69.4 Å². The van der Waals surface area contributed by atoms with Gasteiger partial charge in [0, 0.05) is 39.3 Å². The first kappa shape index (κ1) is 40.0. The second-order valence-electron chi connectivity index (χ2n) is 7.05. The van der Waals surface area contributed by atoms with Gasteiger partial charge in [0.05, 0.1) is 0 Å². The van der Waals surface area contributed by atoms with Gasteiger partial charge in [0.25, 0.3) is 0 Å². The van der Waals surface area contributed by atoms with Gasteiger partial charge in [-0.05, 0) is 42.3 Å². The Morgan fingerprint density at radius 1 is 0.545 bits per heavy atom. The van der Waals surface area contributed by atoms with Crippen molar-refractivity contribution >= 4 is 20.2 Å². The van der Waals surface area contributed by atoms with Gasteiger partial charge in [-0.1, -0.05) is 0 Å². The molecule has 0 atom stereocenters. The van der Waals surface area contributed by atoms with Gasteiger partial charge in [0.15, 0.2) is 20.2 Å². The Morgan fingerprint density at radius 3 is 0.788 bits per heavy atom. The zero-order valence-electron chi connectivity index (χ0n) is 18.9. The molecule has 0 aromatic heterocycles. The van der Waals surface area contributed by atoms with E-state index in [4.69, 9.17) is 25.9 Å². The van der Waals surface area contributed by atoms with Gasteiger partial charge in [0.1, 0.15) is 0 Å². The Hall–Kier alpha value is -0.241. The molecule has 0 bridgehead atoms. The number of likely N-dealkylation sites (N-methyl/N-ethyl adjacent to an activating group) is 3. The fraction of sp³-hybridized carbons (Fsp3) is 1.00. The first-order chi connectivity index (χ1) is 13.9. The Bertz CT molecular complexity index is 633. The summed E-state index contributed by atoms with van der Waals surface area (Å²) in [6, 6.07) is 0. The van der Waals surface area contributed by atoms with Crippen molar-refractivity contribution in [3.8, 4) is 0 Å². The molecule has 0 aliphatic heterocycles. The summed E-state index contributed by atoms with van der Waals surface area (Å²) in [6.07, 6.45) is 0. The molecule has 0 saturated carbocycles. The molecule has 33 heavy (non-hydrogen) atoms. The third kappa shape index (κ3) is 26.2. The minimum Gasteiger partial charge on any atom is -0.741 e. The van der Waals surface area contributed by atoms with Crippen molar-refractivity contribution in [2.24, 2.45) is 0 Å². The maximum absolute atomic E-state index is 10.7. The Balaban J connectivity index is -0.000000209. The molecule has 0 N–H and O–H groups in total. The minimum absolute atomic E-state index is 0. The Labute approximate surface area is 201 Å². The van der Waals surface area contributed by atoms with Gasteiger partial charge in [-0.15, -0.1) is 0 Å². The van der Waals surface area contributed by atoms with Crippen LogP contribution >= 0.6 is 0 Å². The summed E-state index contributed by atoms with van der Waals surface area (Å²) in [6.45, 7) is 6.90. The largest absolute Gasteiger partial charge is 6.00 e. The van der Waals surface area contributed by atoms with E-state index < -0.39 is 31.3 Å². The quantitative estimate of drug-likeness (QED) is 0.159. The molecule has 0 aliphatic rings. The van der Waals surface area contributed by atoms with Gasteiger partial charge in [-0.25, -0.2) is 16.8 Å². The van der Waals surface area contributed by atoms with Gasteiger partial charge in [0.2, 0.25) is 0 Å². The zero-order chi connectivity index (χ0) is 26.6. The van der Waals surface area contributed by atoms with Crippen molar-refractivity contribution in [1.82, 2.24) is 19.6 Å². The van der Waals surface area contributed by atoms with E-state index in [1.807, 2.05) is 0 Å². The maximum Gasteiger partial charge on any atom is 6.00 e. The number of nitrogens with zero attached hydrogens (tertiary/aromatic N) is 4. The average molecular weight is 584 g/mol. The molecule has 0 unspecified atom stereocenters. The molecule has 0 heterocycles. The fourth-order valence-electron chi connectivity index (χ4n) is 1.36. The van der Waals surface area contributed by atoms with Crippen molar-refractivity contribution in [3.05, 3.63) is 0 Å². The van der Waals surface area contributed by atoms with Gasteiger partial charge >= 0.3 is 28.1 Å². The predicted octanol–water partition coefficient (Wildman–Crippen LogP) is 0.0735. The maximum atomic E-state index is 10.7. The fourth-order valence-corrected chi connectivity index (χ4v) is 1.36. The van der Waals surface area contributed by atoms with Crippen LogP contribution in [0.25, 0.3) is 0 Å². The molecule has 19 heteroatoms. The molecule has 0 aromatic rings. The third-order valence-corrected chi connectivity index (χ3v) is 4.29. The Kier molecular flexibility index (Phi) is 20.9. The molecule has 10 nitrogen and oxygen atoms in total. The van der Waals surface area contributed by atoms with Crippen LogP contribution in [0.1, 0.15) is 0 Å². The van der Waals surface area contributed by atoms with E-state index in [0.29, 0.717) is 0 Å². The molecule has 0 amide bonds. The monoisotopic (exact) mass is 584 g/mol. The van der Waals surface area contributed by atoms with Crippen LogP contribution in [0.4, 0.5) is 26.3 Å². The van der Waals surface area contributed by atoms with Crippen molar-refractivity contribution in [1.29, 1.82) is 0 Å². The number of rotatable bonds is 9. The molecule has 200 valence electrons. The topological polar surface area (TPSA) is 127 Å². The summed E-state index contributed by atoms with van der Waals surface area (Å²) in [5, 5.41) is 0. The SMILES string of the molecule is CN(C)CCN(CCN(C)C)CCN(C)C.O=S(=O)([O-])C(F)(F)F.O=S(=O)([O-])C(F)(F)F.[Fe+6]. The van der Waals surface area contributed by atoms with Gasteiger partial charge < -0.3 is 23.8 Å². The van der Waals surface area contributed by atoms with E-state index in [-0.39, 0.29) is 17.1 Å². The minimum atomic E-state index is -6.09. The molecular weight excluding hydrogens is 554 g/mol. The van der Waals surface area contributed by atoms with Crippen LogP contribution in [0, 0.1) is 0 Å².